The number of aromatic nitrogens is 2. The fourth-order valence-electron chi connectivity index (χ4n) is 1.68. The van der Waals surface area contributed by atoms with Gasteiger partial charge in [0.05, 0.1) is 25.2 Å². The molecule has 0 saturated carbocycles. The van der Waals surface area contributed by atoms with Crippen LogP contribution in [0, 0.1) is 5.92 Å². The van der Waals surface area contributed by atoms with Crippen molar-refractivity contribution in [1.82, 2.24) is 14.9 Å². The van der Waals surface area contributed by atoms with Crippen LogP contribution >= 0.6 is 11.3 Å². The van der Waals surface area contributed by atoms with E-state index in [1.807, 2.05) is 0 Å². The summed E-state index contributed by atoms with van der Waals surface area (Å²) in [5.41, 5.74) is 0. The van der Waals surface area contributed by atoms with Gasteiger partial charge in [-0.25, -0.2) is 13.1 Å². The van der Waals surface area contributed by atoms with Gasteiger partial charge in [0, 0.05) is 6.92 Å². The number of aliphatic carboxylic acids is 1. The SMILES string of the molecule is CC(=O)Nc1nnc(S(=O)(=O)NC2COCC2C(=O)O)s1. The van der Waals surface area contributed by atoms with Gasteiger partial charge < -0.3 is 15.2 Å². The highest BCUT2D eigenvalue weighted by atomic mass is 32.2. The second-order valence-electron chi connectivity index (χ2n) is 4.26. The zero-order valence-corrected chi connectivity index (χ0v) is 12.4. The zero-order chi connectivity index (χ0) is 15.6. The van der Waals surface area contributed by atoms with E-state index in [4.69, 9.17) is 9.84 Å². The third-order valence-corrected chi connectivity index (χ3v) is 5.32. The number of hydrogen-bond acceptors (Lipinski definition) is 8. The molecule has 2 rings (SSSR count). The van der Waals surface area contributed by atoms with Crippen molar-refractivity contribution in [1.29, 1.82) is 0 Å². The molecule has 1 aromatic rings. The van der Waals surface area contributed by atoms with Gasteiger partial charge in [-0.3, -0.25) is 9.59 Å². The van der Waals surface area contributed by atoms with Gasteiger partial charge in [0.15, 0.2) is 0 Å². The molecule has 21 heavy (non-hydrogen) atoms. The summed E-state index contributed by atoms with van der Waals surface area (Å²) in [6.45, 7) is 1.16. The average Bonchev–Trinajstić information content (AvgIpc) is 2.96. The molecule has 3 N–H and O–H groups in total. The Morgan fingerprint density at radius 2 is 2.10 bits per heavy atom. The number of carbonyl (C=O) groups is 2. The van der Waals surface area contributed by atoms with Crippen LogP contribution in [-0.2, 0) is 24.3 Å². The first-order valence-corrected chi connectivity index (χ1v) is 8.03. The number of nitrogens with one attached hydrogen (secondary N) is 2. The topological polar surface area (TPSA) is 148 Å². The van der Waals surface area contributed by atoms with Crippen LogP contribution < -0.4 is 10.0 Å². The van der Waals surface area contributed by atoms with Crippen LogP contribution in [0.2, 0.25) is 0 Å². The lowest BCUT2D eigenvalue weighted by atomic mass is 10.1. The molecule has 1 aliphatic rings. The van der Waals surface area contributed by atoms with Crippen molar-refractivity contribution in [3.8, 4) is 0 Å². The monoisotopic (exact) mass is 336 g/mol. The van der Waals surface area contributed by atoms with Crippen LogP contribution in [0.25, 0.3) is 0 Å². The van der Waals surface area contributed by atoms with Crippen LogP contribution in [0.1, 0.15) is 6.92 Å². The molecule has 0 radical (unpaired) electrons. The molecule has 0 bridgehead atoms. The molecule has 0 spiro atoms. The van der Waals surface area contributed by atoms with Gasteiger partial charge >= 0.3 is 5.97 Å². The molecule has 2 heterocycles. The van der Waals surface area contributed by atoms with E-state index < -0.39 is 33.9 Å². The number of ether oxygens (including phenoxy) is 1. The van der Waals surface area contributed by atoms with Gasteiger partial charge in [0.2, 0.25) is 15.4 Å². The minimum atomic E-state index is -4.02. The maximum absolute atomic E-state index is 12.1. The predicted molar refractivity (Wildman–Crippen MR) is 70.3 cm³/mol. The highest BCUT2D eigenvalue weighted by Crippen LogP contribution is 2.22. The summed E-state index contributed by atoms with van der Waals surface area (Å²) in [7, 11) is -4.02. The fraction of sp³-hybridized carbons (Fsp3) is 0.556. The minimum Gasteiger partial charge on any atom is -0.481 e. The number of hydrogen-bond donors (Lipinski definition) is 3. The van der Waals surface area contributed by atoms with Crippen molar-refractivity contribution >= 4 is 38.4 Å². The molecule has 1 fully saturated rings. The van der Waals surface area contributed by atoms with Gasteiger partial charge in [-0.15, -0.1) is 10.2 Å². The Morgan fingerprint density at radius 3 is 2.71 bits per heavy atom. The molecule has 0 aromatic carbocycles. The first-order valence-electron chi connectivity index (χ1n) is 5.73. The second-order valence-corrected chi connectivity index (χ2v) is 7.13. The zero-order valence-electron chi connectivity index (χ0n) is 10.8. The van der Waals surface area contributed by atoms with E-state index in [1.165, 1.54) is 6.92 Å². The molecule has 116 valence electrons. The molecule has 12 heteroatoms. The van der Waals surface area contributed by atoms with Gasteiger partial charge in [-0.2, -0.15) is 0 Å². The predicted octanol–water partition coefficient (Wildman–Crippen LogP) is -1.13. The Morgan fingerprint density at radius 1 is 1.38 bits per heavy atom. The van der Waals surface area contributed by atoms with Crippen molar-refractivity contribution in [3.05, 3.63) is 0 Å². The van der Waals surface area contributed by atoms with E-state index in [9.17, 15) is 18.0 Å². The lowest BCUT2D eigenvalue weighted by Crippen LogP contribution is -2.42. The van der Waals surface area contributed by atoms with Crippen LogP contribution in [-0.4, -0.2) is 54.9 Å². The van der Waals surface area contributed by atoms with Crippen molar-refractivity contribution in [2.24, 2.45) is 5.92 Å². The summed E-state index contributed by atoms with van der Waals surface area (Å²) in [4.78, 5) is 21.8. The summed E-state index contributed by atoms with van der Waals surface area (Å²) in [6.07, 6.45) is 0. The van der Waals surface area contributed by atoms with E-state index in [-0.39, 0.29) is 22.7 Å². The molecule has 0 aliphatic carbocycles. The quantitative estimate of drug-likeness (QED) is 0.572. The Hall–Kier alpha value is -1.63. The van der Waals surface area contributed by atoms with Crippen LogP contribution in [0.4, 0.5) is 5.13 Å². The summed E-state index contributed by atoms with van der Waals surface area (Å²) < 4.78 is 31.0. The normalized spacial score (nSPS) is 22.1. The number of anilines is 1. The molecule has 1 aliphatic heterocycles. The molecule has 1 amide bonds. The standard InChI is InChI=1S/C9H12N4O6S2/c1-4(14)10-8-11-12-9(20-8)21(17,18)13-6-3-19-2-5(6)7(15)16/h5-6,13H,2-3H2,1H3,(H,15,16)(H,10,11,14). The molecule has 10 nitrogen and oxygen atoms in total. The summed E-state index contributed by atoms with van der Waals surface area (Å²) in [5, 5.41) is 18.3. The third kappa shape index (κ3) is 3.72. The summed E-state index contributed by atoms with van der Waals surface area (Å²) in [5.74, 6) is -2.50. The Bertz CT molecular complexity index is 657. The van der Waals surface area contributed by atoms with Crippen LogP contribution in [0.3, 0.4) is 0 Å². The average molecular weight is 336 g/mol. The maximum atomic E-state index is 12.1. The highest BCUT2D eigenvalue weighted by Gasteiger charge is 2.37. The molecule has 1 saturated heterocycles. The number of nitrogens with zero attached hydrogens (tertiary/aromatic N) is 2. The number of sulfonamides is 1. The van der Waals surface area contributed by atoms with E-state index in [0.29, 0.717) is 11.3 Å². The summed E-state index contributed by atoms with van der Waals surface area (Å²) >= 11 is 0.668. The first kappa shape index (κ1) is 15.8. The molecule has 1 aromatic heterocycles. The van der Waals surface area contributed by atoms with E-state index in [1.54, 1.807) is 0 Å². The number of amides is 1. The fourth-order valence-corrected chi connectivity index (χ4v) is 3.91. The third-order valence-electron chi connectivity index (χ3n) is 2.62. The molecular weight excluding hydrogens is 324 g/mol. The maximum Gasteiger partial charge on any atom is 0.310 e. The lowest BCUT2D eigenvalue weighted by Gasteiger charge is -2.14. The minimum absolute atomic E-state index is 0.0342. The van der Waals surface area contributed by atoms with Crippen LogP contribution in [0.5, 0.6) is 0 Å². The number of rotatable bonds is 5. The van der Waals surface area contributed by atoms with Crippen molar-refractivity contribution < 1.29 is 27.9 Å². The number of carboxylic acid groups (broad SMARTS) is 1. The second kappa shape index (κ2) is 6.01. The molecular formula is C9H12N4O6S2. The van der Waals surface area contributed by atoms with Crippen molar-refractivity contribution in [2.75, 3.05) is 18.5 Å². The van der Waals surface area contributed by atoms with Gasteiger partial charge in [-0.05, 0) is 0 Å². The van der Waals surface area contributed by atoms with Gasteiger partial charge in [0.25, 0.3) is 10.0 Å². The number of carboxylic acids is 1. The molecule has 2 unspecified atom stereocenters. The van der Waals surface area contributed by atoms with Gasteiger partial charge in [-0.1, -0.05) is 11.3 Å². The van der Waals surface area contributed by atoms with E-state index in [0.717, 1.165) is 0 Å². The van der Waals surface area contributed by atoms with Crippen LogP contribution in [0.15, 0.2) is 4.34 Å². The van der Waals surface area contributed by atoms with Crippen molar-refractivity contribution in [3.63, 3.8) is 0 Å². The largest absolute Gasteiger partial charge is 0.481 e. The highest BCUT2D eigenvalue weighted by molar-refractivity contribution is 7.91. The van der Waals surface area contributed by atoms with Crippen molar-refractivity contribution in [2.45, 2.75) is 17.3 Å². The molecule has 2 atom stereocenters. The number of carbonyl (C=O) groups excluding carboxylic acids is 1. The Balaban J connectivity index is 2.13. The van der Waals surface area contributed by atoms with Gasteiger partial charge in [0.1, 0.15) is 0 Å². The Labute approximate surface area is 123 Å². The van der Waals surface area contributed by atoms with E-state index in [2.05, 4.69) is 20.2 Å². The Kier molecular flexibility index (Phi) is 4.51. The first-order chi connectivity index (χ1) is 9.79. The lowest BCUT2D eigenvalue weighted by molar-refractivity contribution is -0.142. The summed E-state index contributed by atoms with van der Waals surface area (Å²) in [6, 6.07) is -0.874. The smallest absolute Gasteiger partial charge is 0.310 e. The van der Waals surface area contributed by atoms with E-state index >= 15 is 0 Å².